The number of carbonyl (C=O) groups is 1. The lowest BCUT2D eigenvalue weighted by Crippen LogP contribution is -2.27. The molecule has 0 aromatic carbocycles. The molecule has 0 atom stereocenters. The molecule has 0 radical (unpaired) electrons. The lowest BCUT2D eigenvalue weighted by molar-refractivity contribution is 0.00237. The molecule has 1 N–H and O–H groups in total. The van der Waals surface area contributed by atoms with Crippen LogP contribution in [0.4, 0.5) is 4.79 Å². The third kappa shape index (κ3) is 4.44. The van der Waals surface area contributed by atoms with Gasteiger partial charge in [-0.3, -0.25) is 0 Å². The number of rotatable bonds is 3. The van der Waals surface area contributed by atoms with E-state index in [1.165, 1.54) is 0 Å². The first kappa shape index (κ1) is 9.56. The van der Waals surface area contributed by atoms with Crippen LogP contribution in [0.3, 0.4) is 0 Å². The molecule has 0 bridgehead atoms. The van der Waals surface area contributed by atoms with Crippen molar-refractivity contribution < 1.29 is 14.6 Å². The Balaban J connectivity index is 3.74. The second-order valence-electron chi connectivity index (χ2n) is 2.57. The fraction of sp³-hybridized carbons (Fsp3) is 0.833. The van der Waals surface area contributed by atoms with Crippen LogP contribution in [0, 0.1) is 0 Å². The minimum absolute atomic E-state index is 0.403. The number of alkyl halides is 1. The number of halogens is 1. The van der Waals surface area contributed by atoms with E-state index < -0.39 is 11.8 Å². The maximum Gasteiger partial charge on any atom is 0.506 e. The van der Waals surface area contributed by atoms with Crippen LogP contribution in [0.15, 0.2) is 0 Å². The predicted molar refractivity (Wildman–Crippen MR) is 38.5 cm³/mol. The van der Waals surface area contributed by atoms with E-state index in [4.69, 9.17) is 16.7 Å². The molecule has 3 nitrogen and oxygen atoms in total. The summed E-state index contributed by atoms with van der Waals surface area (Å²) in [7, 11) is 0. The molecule has 0 aliphatic carbocycles. The first-order valence-corrected chi connectivity index (χ1v) is 3.49. The van der Waals surface area contributed by atoms with E-state index in [1.807, 2.05) is 0 Å². The van der Waals surface area contributed by atoms with E-state index in [9.17, 15) is 4.79 Å². The average molecular weight is 167 g/mol. The van der Waals surface area contributed by atoms with Gasteiger partial charge in [0.05, 0.1) is 0 Å². The van der Waals surface area contributed by atoms with Gasteiger partial charge in [0.15, 0.2) is 0 Å². The smallest absolute Gasteiger partial charge is 0.450 e. The van der Waals surface area contributed by atoms with Crippen LogP contribution < -0.4 is 0 Å². The summed E-state index contributed by atoms with van der Waals surface area (Å²) in [6.45, 7) is 3.37. The number of ether oxygens (including phenoxy) is 1. The second kappa shape index (κ2) is 3.66. The number of carboxylic acid groups (broad SMARTS) is 1. The van der Waals surface area contributed by atoms with Crippen LogP contribution in [-0.4, -0.2) is 22.7 Å². The van der Waals surface area contributed by atoms with Crippen molar-refractivity contribution in [2.45, 2.75) is 25.9 Å². The summed E-state index contributed by atoms with van der Waals surface area (Å²) in [4.78, 5) is 10.0. The van der Waals surface area contributed by atoms with E-state index in [0.717, 1.165) is 0 Å². The normalized spacial score (nSPS) is 11.1. The van der Waals surface area contributed by atoms with Crippen molar-refractivity contribution in [2.75, 3.05) is 5.88 Å². The third-order valence-electron chi connectivity index (χ3n) is 1.06. The fourth-order valence-corrected chi connectivity index (χ4v) is 0.970. The van der Waals surface area contributed by atoms with Gasteiger partial charge in [0.2, 0.25) is 0 Å². The maximum atomic E-state index is 10.0. The minimum atomic E-state index is -1.25. The van der Waals surface area contributed by atoms with Gasteiger partial charge >= 0.3 is 6.16 Å². The van der Waals surface area contributed by atoms with Crippen molar-refractivity contribution in [1.82, 2.24) is 0 Å². The highest BCUT2D eigenvalue weighted by molar-refractivity contribution is 6.17. The third-order valence-corrected chi connectivity index (χ3v) is 1.25. The van der Waals surface area contributed by atoms with Crippen molar-refractivity contribution in [2.24, 2.45) is 0 Å². The molecule has 0 heterocycles. The lowest BCUT2D eigenvalue weighted by Gasteiger charge is -2.21. The Morgan fingerprint density at radius 2 is 2.20 bits per heavy atom. The summed E-state index contributed by atoms with van der Waals surface area (Å²) < 4.78 is 4.51. The van der Waals surface area contributed by atoms with E-state index in [1.54, 1.807) is 13.8 Å². The van der Waals surface area contributed by atoms with Gasteiger partial charge in [-0.15, -0.1) is 11.6 Å². The molecule has 0 aromatic heterocycles. The quantitative estimate of drug-likeness (QED) is 0.516. The molecule has 0 aromatic rings. The average Bonchev–Trinajstić information content (AvgIpc) is 1.59. The van der Waals surface area contributed by atoms with Gasteiger partial charge in [0.25, 0.3) is 0 Å². The molecule has 0 rings (SSSR count). The van der Waals surface area contributed by atoms with Gasteiger partial charge in [0, 0.05) is 12.3 Å². The van der Waals surface area contributed by atoms with Crippen molar-refractivity contribution in [1.29, 1.82) is 0 Å². The summed E-state index contributed by atoms with van der Waals surface area (Å²) >= 11 is 5.40. The standard InChI is InChI=1S/C6H11ClO3/c1-6(2,3-4-7)10-5(8)9/h3-4H2,1-2H3,(H,8,9). The molecule has 10 heavy (non-hydrogen) atoms. The molecule has 0 aliphatic rings. The number of hydrogen-bond donors (Lipinski definition) is 1. The molecule has 0 saturated carbocycles. The van der Waals surface area contributed by atoms with Gasteiger partial charge in [0.1, 0.15) is 5.60 Å². The summed E-state index contributed by atoms with van der Waals surface area (Å²) in [5, 5.41) is 8.21. The van der Waals surface area contributed by atoms with E-state index in [2.05, 4.69) is 4.74 Å². The maximum absolute atomic E-state index is 10.0. The van der Waals surface area contributed by atoms with Crippen molar-refractivity contribution in [3.05, 3.63) is 0 Å². The van der Waals surface area contributed by atoms with Gasteiger partial charge < -0.3 is 9.84 Å². The monoisotopic (exact) mass is 166 g/mol. The fourth-order valence-electron chi connectivity index (χ4n) is 0.515. The first-order chi connectivity index (χ1) is 4.48. The molecular formula is C6H11ClO3. The molecular weight excluding hydrogens is 156 g/mol. The zero-order valence-electron chi connectivity index (χ0n) is 6.06. The molecule has 0 fully saturated rings. The summed E-state index contributed by atoms with van der Waals surface area (Å²) in [5.74, 6) is 0.403. The van der Waals surface area contributed by atoms with Crippen molar-refractivity contribution in [3.8, 4) is 0 Å². The summed E-state index contributed by atoms with van der Waals surface area (Å²) in [6.07, 6.45) is -0.726. The minimum Gasteiger partial charge on any atom is -0.450 e. The zero-order valence-corrected chi connectivity index (χ0v) is 6.81. The van der Waals surface area contributed by atoms with Crippen LogP contribution in [0.5, 0.6) is 0 Å². The van der Waals surface area contributed by atoms with Crippen LogP contribution in [-0.2, 0) is 4.74 Å². The van der Waals surface area contributed by atoms with E-state index >= 15 is 0 Å². The second-order valence-corrected chi connectivity index (χ2v) is 2.94. The molecule has 0 unspecified atom stereocenters. The van der Waals surface area contributed by atoms with E-state index in [-0.39, 0.29) is 0 Å². The molecule has 0 saturated heterocycles. The first-order valence-electron chi connectivity index (χ1n) is 2.96. The van der Waals surface area contributed by atoms with Crippen molar-refractivity contribution in [3.63, 3.8) is 0 Å². The summed E-state index contributed by atoms with van der Waals surface area (Å²) in [5.41, 5.74) is -0.659. The van der Waals surface area contributed by atoms with Crippen LogP contribution >= 0.6 is 11.6 Å². The largest absolute Gasteiger partial charge is 0.506 e. The number of hydrogen-bond acceptors (Lipinski definition) is 2. The van der Waals surface area contributed by atoms with Crippen LogP contribution in [0.2, 0.25) is 0 Å². The molecule has 0 spiro atoms. The topological polar surface area (TPSA) is 46.5 Å². The lowest BCUT2D eigenvalue weighted by atomic mass is 10.1. The Morgan fingerprint density at radius 3 is 2.50 bits per heavy atom. The molecule has 60 valence electrons. The Bertz CT molecular complexity index is 122. The van der Waals surface area contributed by atoms with Gasteiger partial charge in [-0.1, -0.05) is 0 Å². The van der Waals surface area contributed by atoms with Gasteiger partial charge in [-0.2, -0.15) is 0 Å². The molecule has 0 amide bonds. The summed E-state index contributed by atoms with van der Waals surface area (Å²) in [6, 6.07) is 0. The Labute approximate surface area is 64.9 Å². The SMILES string of the molecule is CC(C)(CCCl)OC(=O)O. The van der Waals surface area contributed by atoms with Crippen LogP contribution in [0.25, 0.3) is 0 Å². The van der Waals surface area contributed by atoms with Crippen molar-refractivity contribution >= 4 is 17.8 Å². The zero-order chi connectivity index (χ0) is 8.20. The van der Waals surface area contributed by atoms with Crippen LogP contribution in [0.1, 0.15) is 20.3 Å². The highest BCUT2D eigenvalue weighted by Crippen LogP contribution is 2.14. The van der Waals surface area contributed by atoms with E-state index in [0.29, 0.717) is 12.3 Å². The Hall–Kier alpha value is -0.440. The highest BCUT2D eigenvalue weighted by Gasteiger charge is 2.21. The predicted octanol–water partition coefficient (Wildman–Crippen LogP) is 2.09. The molecule has 0 aliphatic heterocycles. The Kier molecular flexibility index (Phi) is 3.50. The van der Waals surface area contributed by atoms with Gasteiger partial charge in [-0.25, -0.2) is 4.79 Å². The highest BCUT2D eigenvalue weighted by atomic mass is 35.5. The molecule has 4 heteroatoms. The Morgan fingerprint density at radius 1 is 1.70 bits per heavy atom. The van der Waals surface area contributed by atoms with Gasteiger partial charge in [-0.05, 0) is 13.8 Å².